The first-order valence-corrected chi connectivity index (χ1v) is 13.3. The molecule has 2 N–H and O–H groups in total. The molecule has 0 radical (unpaired) electrons. The number of piperidine rings is 2. The number of anilines is 1. The lowest BCUT2D eigenvalue weighted by Gasteiger charge is -2.57. The Morgan fingerprint density at radius 1 is 1.26 bits per heavy atom. The maximum Gasteiger partial charge on any atom is 0.220 e. The van der Waals surface area contributed by atoms with E-state index >= 15 is 0 Å². The lowest BCUT2D eigenvalue weighted by Crippen LogP contribution is -2.69. The summed E-state index contributed by atoms with van der Waals surface area (Å²) >= 11 is 0. The summed E-state index contributed by atoms with van der Waals surface area (Å²) in [4.78, 5) is 21.5. The Labute approximate surface area is 221 Å². The molecule has 0 aromatic carbocycles. The number of hydrogen-bond donors (Lipinski definition) is 2. The van der Waals surface area contributed by atoms with Crippen LogP contribution in [0.5, 0.6) is 5.75 Å². The van der Waals surface area contributed by atoms with E-state index in [4.69, 9.17) is 9.72 Å². The summed E-state index contributed by atoms with van der Waals surface area (Å²) in [6.45, 7) is 7.19. The van der Waals surface area contributed by atoms with Gasteiger partial charge in [-0.2, -0.15) is 10.4 Å². The molecule has 0 saturated carbocycles. The average molecular weight is 516 g/mol. The van der Waals surface area contributed by atoms with Crippen LogP contribution in [0.2, 0.25) is 0 Å². The van der Waals surface area contributed by atoms with Crippen LogP contribution in [0.15, 0.2) is 36.8 Å². The Balaban J connectivity index is 1.19. The number of rotatable bonds is 7. The van der Waals surface area contributed by atoms with Gasteiger partial charge in [-0.3, -0.25) is 9.69 Å². The minimum absolute atomic E-state index is 0.129. The van der Waals surface area contributed by atoms with Gasteiger partial charge in [0.05, 0.1) is 29.1 Å². The predicted molar refractivity (Wildman–Crippen MR) is 142 cm³/mol. The molecule has 3 atom stereocenters. The zero-order chi connectivity index (χ0) is 26.4. The SMILES string of the molecule is CC(C)(O)COc1cc(-c2ccc(N3CC4CC(C3)N4CC3CCNC(=O)C3)nc2)c2c(C#N)cnn2c1. The lowest BCUT2D eigenvalue weighted by molar-refractivity contribution is -0.124. The third-order valence-electron chi connectivity index (χ3n) is 7.84. The van der Waals surface area contributed by atoms with Crippen LogP contribution >= 0.6 is 0 Å². The third kappa shape index (κ3) is 4.79. The van der Waals surface area contributed by atoms with Gasteiger partial charge in [0.1, 0.15) is 24.2 Å². The molecule has 4 aliphatic heterocycles. The summed E-state index contributed by atoms with van der Waals surface area (Å²) in [5, 5.41) is 27.0. The molecule has 3 aromatic heterocycles. The van der Waals surface area contributed by atoms with Gasteiger partial charge in [0.15, 0.2) is 0 Å². The summed E-state index contributed by atoms with van der Waals surface area (Å²) in [5.41, 5.74) is 1.86. The molecular formula is C28H33N7O3. The van der Waals surface area contributed by atoms with E-state index in [9.17, 15) is 15.2 Å². The molecule has 1 amide bonds. The molecule has 198 valence electrons. The molecule has 3 aromatic rings. The molecule has 0 spiro atoms. The first-order chi connectivity index (χ1) is 18.3. The highest BCUT2D eigenvalue weighted by Crippen LogP contribution is 2.37. The maximum atomic E-state index is 11.8. The highest BCUT2D eigenvalue weighted by Gasteiger charge is 2.45. The van der Waals surface area contributed by atoms with E-state index in [1.807, 2.05) is 24.4 Å². The quantitative estimate of drug-likeness (QED) is 0.492. The number of nitrogens with zero attached hydrogens (tertiary/aromatic N) is 6. The molecule has 7 heterocycles. The van der Waals surface area contributed by atoms with Crippen LogP contribution in [0, 0.1) is 17.2 Å². The number of carbonyl (C=O) groups excluding carboxylic acids is 1. The van der Waals surface area contributed by atoms with Crippen LogP contribution in [0.3, 0.4) is 0 Å². The lowest BCUT2D eigenvalue weighted by atomic mass is 9.84. The Morgan fingerprint density at radius 2 is 2.08 bits per heavy atom. The van der Waals surface area contributed by atoms with Crippen LogP contribution in [-0.4, -0.2) is 81.0 Å². The van der Waals surface area contributed by atoms with Gasteiger partial charge in [0.2, 0.25) is 5.91 Å². The van der Waals surface area contributed by atoms with Crippen molar-refractivity contribution in [2.45, 2.75) is 50.8 Å². The van der Waals surface area contributed by atoms with Crippen molar-refractivity contribution in [1.82, 2.24) is 24.8 Å². The molecule has 10 heteroatoms. The van der Waals surface area contributed by atoms with E-state index in [0.29, 0.717) is 41.3 Å². The van der Waals surface area contributed by atoms with Crippen molar-refractivity contribution >= 4 is 17.2 Å². The van der Waals surface area contributed by atoms with Gasteiger partial charge in [-0.25, -0.2) is 9.50 Å². The molecule has 10 nitrogen and oxygen atoms in total. The molecule has 3 unspecified atom stereocenters. The Hall–Kier alpha value is -3.68. The zero-order valence-electron chi connectivity index (χ0n) is 21.8. The number of pyridine rings is 2. The smallest absolute Gasteiger partial charge is 0.220 e. The highest BCUT2D eigenvalue weighted by molar-refractivity contribution is 5.85. The summed E-state index contributed by atoms with van der Waals surface area (Å²) in [7, 11) is 0. The molecule has 4 aliphatic rings. The first kappa shape index (κ1) is 24.6. The number of fused-ring (bicyclic) bond motifs is 3. The number of aliphatic hydroxyl groups is 1. The van der Waals surface area contributed by atoms with Crippen LogP contribution in [0.25, 0.3) is 16.6 Å². The molecule has 4 fully saturated rings. The minimum atomic E-state index is -0.976. The monoisotopic (exact) mass is 515 g/mol. The molecule has 38 heavy (non-hydrogen) atoms. The normalized spacial score (nSPS) is 23.6. The van der Waals surface area contributed by atoms with Crippen LogP contribution < -0.4 is 15.0 Å². The van der Waals surface area contributed by atoms with Gasteiger partial charge in [-0.05, 0) is 50.8 Å². The molecule has 2 bridgehead atoms. The number of piperazine rings is 1. The maximum absolute atomic E-state index is 11.8. The van der Waals surface area contributed by atoms with E-state index in [-0.39, 0.29) is 12.5 Å². The Morgan fingerprint density at radius 3 is 2.76 bits per heavy atom. The fourth-order valence-electron chi connectivity index (χ4n) is 5.95. The number of hydrogen-bond acceptors (Lipinski definition) is 8. The number of ether oxygens (including phenoxy) is 1. The van der Waals surface area contributed by atoms with E-state index in [0.717, 1.165) is 49.5 Å². The van der Waals surface area contributed by atoms with Gasteiger partial charge in [-0.15, -0.1) is 0 Å². The second-order valence-electron chi connectivity index (χ2n) is 11.4. The standard InChI is InChI=1S/C28H33N7O3/c1-28(2,37)17-38-23-9-24(27-20(10-29)12-32-35(27)16-23)19-3-4-25(31-11-19)33-14-21-8-22(15-33)34(21)13-18-5-6-30-26(36)7-18/h3-4,9,11-12,16,18,21-22,37H,5-8,13-15,17H2,1-2H3,(H,30,36). The molecule has 7 rings (SSSR count). The highest BCUT2D eigenvalue weighted by atomic mass is 16.5. The molecule has 0 aliphatic carbocycles. The predicted octanol–water partition coefficient (Wildman–Crippen LogP) is 2.21. The fourth-order valence-corrected chi connectivity index (χ4v) is 5.95. The second kappa shape index (κ2) is 9.57. The van der Waals surface area contributed by atoms with Crippen molar-refractivity contribution in [2.75, 3.05) is 37.7 Å². The van der Waals surface area contributed by atoms with Crippen molar-refractivity contribution in [3.8, 4) is 22.9 Å². The number of nitrogens with one attached hydrogen (secondary N) is 1. The van der Waals surface area contributed by atoms with Crippen LogP contribution in [0.1, 0.15) is 38.7 Å². The van der Waals surface area contributed by atoms with Crippen molar-refractivity contribution in [2.24, 2.45) is 5.92 Å². The number of nitriles is 1. The third-order valence-corrected chi connectivity index (χ3v) is 7.84. The topological polar surface area (TPSA) is 119 Å². The van der Waals surface area contributed by atoms with E-state index in [1.165, 1.54) is 6.42 Å². The van der Waals surface area contributed by atoms with Gasteiger partial charge < -0.3 is 20.1 Å². The minimum Gasteiger partial charge on any atom is -0.489 e. The second-order valence-corrected chi connectivity index (χ2v) is 11.4. The number of amides is 1. The molecule has 4 saturated heterocycles. The van der Waals surface area contributed by atoms with Gasteiger partial charge in [0.25, 0.3) is 0 Å². The van der Waals surface area contributed by atoms with Crippen molar-refractivity contribution in [3.63, 3.8) is 0 Å². The van der Waals surface area contributed by atoms with Crippen molar-refractivity contribution in [3.05, 3.63) is 42.4 Å². The van der Waals surface area contributed by atoms with Crippen molar-refractivity contribution in [1.29, 1.82) is 5.26 Å². The van der Waals surface area contributed by atoms with Gasteiger partial charge in [-0.1, -0.05) is 0 Å². The zero-order valence-corrected chi connectivity index (χ0v) is 21.8. The summed E-state index contributed by atoms with van der Waals surface area (Å²) in [6, 6.07) is 9.19. The van der Waals surface area contributed by atoms with E-state index < -0.39 is 5.60 Å². The van der Waals surface area contributed by atoms with Crippen molar-refractivity contribution < 1.29 is 14.6 Å². The van der Waals surface area contributed by atoms with Crippen LogP contribution in [0.4, 0.5) is 5.82 Å². The fraction of sp³-hybridized carbons (Fsp3) is 0.500. The average Bonchev–Trinajstić information content (AvgIpc) is 3.33. The number of carbonyl (C=O) groups is 1. The van der Waals surface area contributed by atoms with E-state index in [1.54, 1.807) is 30.8 Å². The summed E-state index contributed by atoms with van der Waals surface area (Å²) in [5.74, 6) is 2.14. The number of aromatic nitrogens is 3. The Bertz CT molecular complexity index is 1380. The summed E-state index contributed by atoms with van der Waals surface area (Å²) in [6.07, 6.45) is 8.03. The van der Waals surface area contributed by atoms with Gasteiger partial charge in [0, 0.05) is 62.0 Å². The largest absolute Gasteiger partial charge is 0.489 e. The van der Waals surface area contributed by atoms with E-state index in [2.05, 4.69) is 26.3 Å². The summed E-state index contributed by atoms with van der Waals surface area (Å²) < 4.78 is 7.48. The first-order valence-electron chi connectivity index (χ1n) is 13.3. The van der Waals surface area contributed by atoms with Crippen LogP contribution in [-0.2, 0) is 4.79 Å². The Kier molecular flexibility index (Phi) is 6.20. The molecular weight excluding hydrogens is 482 g/mol. The van der Waals surface area contributed by atoms with Gasteiger partial charge >= 0.3 is 0 Å².